The van der Waals surface area contributed by atoms with Crippen molar-refractivity contribution in [3.05, 3.63) is 91.0 Å². The van der Waals surface area contributed by atoms with Crippen LogP contribution in [0, 0.1) is 0 Å². The van der Waals surface area contributed by atoms with E-state index >= 15 is 0 Å². The lowest BCUT2D eigenvalue weighted by molar-refractivity contribution is -0.151. The number of ether oxygens (including phenoxy) is 4. The first kappa shape index (κ1) is 32.3. The molecule has 0 fully saturated rings. The maximum absolute atomic E-state index is 13.2. The fourth-order valence-corrected chi connectivity index (χ4v) is 3.65. The molecule has 0 radical (unpaired) electrons. The van der Waals surface area contributed by atoms with Crippen LogP contribution in [0.4, 0.5) is 0 Å². The van der Waals surface area contributed by atoms with Gasteiger partial charge in [0.05, 0.1) is 32.0 Å². The smallest absolute Gasteiger partial charge is 0.331 e. The summed E-state index contributed by atoms with van der Waals surface area (Å²) < 4.78 is 21.8. The maximum Gasteiger partial charge on any atom is 0.331 e. The van der Waals surface area contributed by atoms with E-state index in [-0.39, 0.29) is 32.0 Å². The van der Waals surface area contributed by atoms with Crippen LogP contribution >= 0.6 is 0 Å². The molecule has 0 spiro atoms. The summed E-state index contributed by atoms with van der Waals surface area (Å²) >= 11 is 0. The molecule has 2 aromatic rings. The first-order chi connectivity index (χ1) is 19.5. The van der Waals surface area contributed by atoms with Crippen molar-refractivity contribution < 1.29 is 33.3 Å². The van der Waals surface area contributed by atoms with Crippen molar-refractivity contribution in [2.24, 2.45) is 0 Å². The number of hydrogen-bond acceptors (Lipinski definition) is 7. The average molecular weight is 553 g/mol. The molecule has 0 bridgehead atoms. The van der Waals surface area contributed by atoms with E-state index in [1.807, 2.05) is 36.4 Å². The van der Waals surface area contributed by atoms with Gasteiger partial charge in [-0.05, 0) is 43.4 Å². The van der Waals surface area contributed by atoms with Gasteiger partial charge < -0.3 is 29.6 Å². The van der Waals surface area contributed by atoms with Gasteiger partial charge in [0, 0.05) is 7.11 Å². The number of carbonyl (C=O) groups is 3. The summed E-state index contributed by atoms with van der Waals surface area (Å²) in [6.07, 6.45) is 7.23. The Hall–Kier alpha value is -3.95. The van der Waals surface area contributed by atoms with E-state index in [9.17, 15) is 14.4 Å². The molecule has 9 heteroatoms. The lowest BCUT2D eigenvalue weighted by Gasteiger charge is -2.22. The predicted molar refractivity (Wildman–Crippen MR) is 153 cm³/mol. The molecule has 9 nitrogen and oxygen atoms in total. The van der Waals surface area contributed by atoms with Crippen LogP contribution in [0.5, 0.6) is 5.75 Å². The summed E-state index contributed by atoms with van der Waals surface area (Å²) in [7, 11) is 1.41. The molecule has 2 atom stereocenters. The number of para-hydroxylation sites is 1. The number of allylic oxidation sites excluding steroid dienone is 1. The summed E-state index contributed by atoms with van der Waals surface area (Å²) in [5, 5.41) is 5.31. The number of rotatable bonds is 20. The Morgan fingerprint density at radius 3 is 2.35 bits per heavy atom. The van der Waals surface area contributed by atoms with E-state index < -0.39 is 29.9 Å². The van der Waals surface area contributed by atoms with E-state index in [4.69, 9.17) is 18.9 Å². The summed E-state index contributed by atoms with van der Waals surface area (Å²) in [4.78, 5) is 39.1. The predicted octanol–water partition coefficient (Wildman–Crippen LogP) is 3.99. The largest absolute Gasteiger partial charge is 0.493 e. The molecular weight excluding hydrogens is 512 g/mol. The highest BCUT2D eigenvalue weighted by molar-refractivity contribution is 6.00. The van der Waals surface area contributed by atoms with Gasteiger partial charge in [0.25, 0.3) is 5.91 Å². The van der Waals surface area contributed by atoms with Crippen LogP contribution in [0.15, 0.2) is 79.9 Å². The Kier molecular flexibility index (Phi) is 15.5. The third-order valence-corrected chi connectivity index (χ3v) is 5.74. The highest BCUT2D eigenvalue weighted by atomic mass is 16.5. The van der Waals surface area contributed by atoms with Crippen LogP contribution in [-0.4, -0.2) is 63.4 Å². The molecule has 2 rings (SSSR count). The topological polar surface area (TPSA) is 112 Å². The van der Waals surface area contributed by atoms with E-state index in [2.05, 4.69) is 23.8 Å². The van der Waals surface area contributed by atoms with E-state index in [0.717, 1.165) is 31.2 Å². The minimum atomic E-state index is -1.11. The molecule has 2 N–H and O–H groups in total. The van der Waals surface area contributed by atoms with E-state index in [1.165, 1.54) is 13.2 Å². The molecule has 40 heavy (non-hydrogen) atoms. The van der Waals surface area contributed by atoms with E-state index in [0.29, 0.717) is 12.4 Å². The zero-order valence-corrected chi connectivity index (χ0v) is 23.1. The molecule has 216 valence electrons. The van der Waals surface area contributed by atoms with Crippen molar-refractivity contribution in [2.45, 2.75) is 44.4 Å². The molecule has 0 aliphatic carbocycles. The molecule has 2 amide bonds. The van der Waals surface area contributed by atoms with Crippen molar-refractivity contribution in [3.63, 3.8) is 0 Å². The Bertz CT molecular complexity index is 1070. The minimum absolute atomic E-state index is 0.0385. The van der Waals surface area contributed by atoms with Crippen molar-refractivity contribution in [2.75, 3.05) is 33.5 Å². The molecule has 0 saturated heterocycles. The fourth-order valence-electron chi connectivity index (χ4n) is 3.65. The van der Waals surface area contributed by atoms with Gasteiger partial charge in [-0.1, -0.05) is 54.6 Å². The molecular formula is C31H40N2O7. The summed E-state index contributed by atoms with van der Waals surface area (Å²) in [5.74, 6) is -1.39. The highest BCUT2D eigenvalue weighted by Gasteiger charge is 2.29. The van der Waals surface area contributed by atoms with Crippen molar-refractivity contribution in [1.82, 2.24) is 10.6 Å². The number of methoxy groups -OCH3 is 1. The van der Waals surface area contributed by atoms with Crippen LogP contribution in [0.25, 0.3) is 0 Å². The zero-order chi connectivity index (χ0) is 29.0. The van der Waals surface area contributed by atoms with Crippen molar-refractivity contribution in [1.29, 1.82) is 0 Å². The lowest BCUT2D eigenvalue weighted by Crippen LogP contribution is -2.54. The van der Waals surface area contributed by atoms with Crippen LogP contribution in [-0.2, 0) is 30.4 Å². The fraction of sp³-hybridized carbons (Fsp3) is 0.387. The average Bonchev–Trinajstić information content (AvgIpc) is 2.97. The zero-order valence-electron chi connectivity index (χ0n) is 23.1. The number of unbranched alkanes of at least 4 members (excludes halogenated alkanes) is 3. The van der Waals surface area contributed by atoms with Gasteiger partial charge in [-0.3, -0.25) is 9.59 Å². The molecule has 0 saturated carbocycles. The third kappa shape index (κ3) is 11.8. The van der Waals surface area contributed by atoms with Crippen molar-refractivity contribution in [3.8, 4) is 5.75 Å². The Morgan fingerprint density at radius 1 is 0.875 bits per heavy atom. The number of carbonyl (C=O) groups excluding carboxylic acids is 3. The Balaban J connectivity index is 2.04. The quantitative estimate of drug-likeness (QED) is 0.145. The van der Waals surface area contributed by atoms with Gasteiger partial charge in [0.1, 0.15) is 18.4 Å². The van der Waals surface area contributed by atoms with Gasteiger partial charge >= 0.3 is 5.97 Å². The second-order valence-corrected chi connectivity index (χ2v) is 8.94. The number of hydrogen-bond donors (Lipinski definition) is 2. The van der Waals surface area contributed by atoms with Gasteiger partial charge in [-0.15, -0.1) is 13.2 Å². The van der Waals surface area contributed by atoms with Crippen LogP contribution in [0.1, 0.15) is 41.6 Å². The standard InChI is InChI=1S/C31H40N2O7/c1-4-6-7-8-14-20-39-28-18-13-12-17-25(28)29(34)32-26(22-37-3)30(35)33-27(23-38-19-5-2)31(36)40-21-24-15-10-9-11-16-24/h4-5,9-13,15-18,26-27H,1-2,6-8,14,19-23H2,3H3,(H,32,34)(H,33,35)/t26-,27-/m0/s1. The van der Waals surface area contributed by atoms with Crippen molar-refractivity contribution >= 4 is 17.8 Å². The molecule has 0 aliphatic rings. The molecule has 2 aromatic carbocycles. The number of esters is 1. The van der Waals surface area contributed by atoms with Gasteiger partial charge in [-0.25, -0.2) is 4.79 Å². The monoisotopic (exact) mass is 552 g/mol. The lowest BCUT2D eigenvalue weighted by atomic mass is 10.1. The SMILES string of the molecule is C=CCCCCCOc1ccccc1C(=O)N[C@@H](COC)C(=O)N[C@@H](COCC=C)C(=O)OCc1ccccc1. The van der Waals surface area contributed by atoms with Gasteiger partial charge in [-0.2, -0.15) is 0 Å². The maximum atomic E-state index is 13.2. The van der Waals surface area contributed by atoms with Gasteiger partial charge in [0.15, 0.2) is 6.04 Å². The summed E-state index contributed by atoms with van der Waals surface area (Å²) in [6.45, 7) is 7.73. The van der Waals surface area contributed by atoms with E-state index in [1.54, 1.807) is 24.3 Å². The number of nitrogens with one attached hydrogen (secondary N) is 2. The summed E-state index contributed by atoms with van der Waals surface area (Å²) in [6, 6.07) is 13.8. The normalized spacial score (nSPS) is 12.0. The minimum Gasteiger partial charge on any atom is -0.493 e. The van der Waals surface area contributed by atoms with Gasteiger partial charge in [0.2, 0.25) is 5.91 Å². The molecule has 0 aliphatic heterocycles. The molecule has 0 aromatic heterocycles. The Morgan fingerprint density at radius 2 is 1.62 bits per heavy atom. The first-order valence-corrected chi connectivity index (χ1v) is 13.3. The van der Waals surface area contributed by atoms with Crippen LogP contribution < -0.4 is 15.4 Å². The second-order valence-electron chi connectivity index (χ2n) is 8.94. The second kappa shape index (κ2) is 19.2. The first-order valence-electron chi connectivity index (χ1n) is 13.3. The van der Waals surface area contributed by atoms with Crippen LogP contribution in [0.3, 0.4) is 0 Å². The number of benzene rings is 2. The Labute approximate surface area is 236 Å². The molecule has 0 unspecified atom stereocenters. The van der Waals surface area contributed by atoms with Crippen LogP contribution in [0.2, 0.25) is 0 Å². The number of amides is 2. The molecule has 0 heterocycles. The summed E-state index contributed by atoms with van der Waals surface area (Å²) in [5.41, 5.74) is 1.09. The third-order valence-electron chi connectivity index (χ3n) is 5.74. The highest BCUT2D eigenvalue weighted by Crippen LogP contribution is 2.19.